The maximum Gasteiger partial charge on any atom is 0.0645 e. The fourth-order valence-electron chi connectivity index (χ4n) is 2.01. The van der Waals surface area contributed by atoms with E-state index in [1.807, 2.05) is 49.9 Å². The summed E-state index contributed by atoms with van der Waals surface area (Å²) in [5.41, 5.74) is 0.849. The van der Waals surface area contributed by atoms with Gasteiger partial charge in [-0.3, -0.25) is 0 Å². The monoisotopic (exact) mass is 245 g/mol. The Morgan fingerprint density at radius 3 is 1.72 bits per heavy atom. The van der Waals surface area contributed by atoms with Crippen LogP contribution >= 0.6 is 0 Å². The highest BCUT2D eigenvalue weighted by molar-refractivity contribution is 5.50. The molecule has 1 saturated carbocycles. The van der Waals surface area contributed by atoms with Gasteiger partial charge in [0.15, 0.2) is 0 Å². The van der Waals surface area contributed by atoms with Crippen LogP contribution < -0.4 is 0 Å². The Bertz CT molecular complexity index is 354. The molecule has 0 heterocycles. The molecule has 0 atom stereocenters. The highest BCUT2D eigenvalue weighted by atomic mass is 16.3. The van der Waals surface area contributed by atoms with Gasteiger partial charge in [-0.2, -0.15) is 0 Å². The summed E-state index contributed by atoms with van der Waals surface area (Å²) < 4.78 is 0. The van der Waals surface area contributed by atoms with E-state index in [-0.39, 0.29) is 19.8 Å². The van der Waals surface area contributed by atoms with Crippen molar-refractivity contribution in [2.24, 2.45) is 0 Å². The molecule has 3 nitrogen and oxygen atoms in total. The Hall–Kier alpha value is -0.900. The number of benzene rings is 1. The minimum absolute atomic E-state index is 0.282. The molecule has 1 aromatic rings. The van der Waals surface area contributed by atoms with Crippen LogP contribution in [0.15, 0.2) is 24.3 Å². The molecule has 95 valence electrons. The van der Waals surface area contributed by atoms with Crippen molar-refractivity contribution in [3.8, 4) is 0 Å². The first kappa shape index (κ1) is 13.5. The van der Waals surface area contributed by atoms with Gasteiger partial charge in [-0.25, -0.2) is 0 Å². The van der Waals surface area contributed by atoms with Gasteiger partial charge < -0.3 is 15.3 Å². The van der Waals surface area contributed by atoms with Crippen LogP contribution in [-0.2, 0) is 5.41 Å². The average Bonchev–Trinajstić information content (AvgIpc) is 2.96. The Kier molecular flexibility index (Phi) is 4.38. The highest BCUT2D eigenvalue weighted by Gasteiger charge is 2.30. The van der Waals surface area contributed by atoms with Crippen LogP contribution in [0, 0.1) is 31.6 Å². The lowest BCUT2D eigenvalue weighted by Crippen LogP contribution is -2.38. The zero-order valence-corrected chi connectivity index (χ0v) is 10.1. The molecule has 1 aliphatic rings. The number of rotatable bonds is 5. The van der Waals surface area contributed by atoms with E-state index in [0.29, 0.717) is 0 Å². The second-order valence-electron chi connectivity index (χ2n) is 4.51. The van der Waals surface area contributed by atoms with E-state index in [1.165, 1.54) is 0 Å². The third-order valence-corrected chi connectivity index (χ3v) is 3.40. The van der Waals surface area contributed by atoms with Crippen molar-refractivity contribution in [1.82, 2.24) is 0 Å². The topological polar surface area (TPSA) is 60.7 Å². The Morgan fingerprint density at radius 2 is 1.28 bits per heavy atom. The lowest BCUT2D eigenvalue weighted by molar-refractivity contribution is 0.0641. The fourth-order valence-corrected chi connectivity index (χ4v) is 2.01. The molecule has 1 fully saturated rings. The van der Waals surface area contributed by atoms with Crippen LogP contribution in [0.4, 0.5) is 0 Å². The first-order valence-electron chi connectivity index (χ1n) is 5.91. The van der Waals surface area contributed by atoms with Gasteiger partial charge in [-0.05, 0) is 36.8 Å². The van der Waals surface area contributed by atoms with Gasteiger partial charge in [0.25, 0.3) is 0 Å². The molecule has 0 bridgehead atoms. The van der Waals surface area contributed by atoms with Crippen molar-refractivity contribution in [2.45, 2.75) is 5.41 Å². The van der Waals surface area contributed by atoms with E-state index in [9.17, 15) is 15.3 Å². The van der Waals surface area contributed by atoms with Gasteiger partial charge >= 0.3 is 0 Å². The van der Waals surface area contributed by atoms with Crippen LogP contribution in [0.3, 0.4) is 0 Å². The molecule has 0 saturated heterocycles. The lowest BCUT2D eigenvalue weighted by atomic mass is 9.82. The first-order chi connectivity index (χ1) is 8.75. The lowest BCUT2D eigenvalue weighted by Gasteiger charge is -2.28. The average molecular weight is 245 g/mol. The summed E-state index contributed by atoms with van der Waals surface area (Å²) in [6, 6.07) is 7.54. The molecule has 0 spiro atoms. The van der Waals surface area contributed by atoms with Gasteiger partial charge in [-0.1, -0.05) is 24.3 Å². The van der Waals surface area contributed by atoms with E-state index in [1.54, 1.807) is 0 Å². The third kappa shape index (κ3) is 2.44. The Labute approximate surface area is 108 Å². The normalized spacial score (nSPS) is 17.3. The molecule has 0 amide bonds. The van der Waals surface area contributed by atoms with Crippen molar-refractivity contribution < 1.29 is 15.3 Å². The van der Waals surface area contributed by atoms with Gasteiger partial charge in [0.05, 0.1) is 25.2 Å². The zero-order chi connectivity index (χ0) is 13.0. The van der Waals surface area contributed by atoms with Crippen LogP contribution in [0.1, 0.15) is 11.1 Å². The summed E-state index contributed by atoms with van der Waals surface area (Å²) in [4.78, 5) is 0. The minimum Gasteiger partial charge on any atom is -0.395 e. The summed E-state index contributed by atoms with van der Waals surface area (Å²) in [7, 11) is 0. The number of aliphatic hydroxyl groups is 3. The molecule has 3 N–H and O–H groups in total. The molecule has 0 aromatic heterocycles. The summed E-state index contributed by atoms with van der Waals surface area (Å²) in [5, 5.41) is 28.1. The van der Waals surface area contributed by atoms with Crippen molar-refractivity contribution in [2.75, 3.05) is 19.8 Å². The number of aliphatic hydroxyl groups excluding tert-OH is 3. The Balaban J connectivity index is 2.20. The predicted molar refractivity (Wildman–Crippen MR) is 68.9 cm³/mol. The van der Waals surface area contributed by atoms with Crippen molar-refractivity contribution in [1.29, 1.82) is 0 Å². The fraction of sp³-hybridized carbons (Fsp3) is 0.267. The molecular formula is C15H17O3. The molecule has 0 unspecified atom stereocenters. The third-order valence-electron chi connectivity index (χ3n) is 3.40. The minimum atomic E-state index is -0.968. The molecule has 0 aliphatic heterocycles. The SMILES string of the molecule is OCC(CO)(CO)c1ccc([C]2[CH][CH][CH][CH]2)cc1. The molecular weight excluding hydrogens is 228 g/mol. The van der Waals surface area contributed by atoms with Crippen LogP contribution in [0.25, 0.3) is 0 Å². The van der Waals surface area contributed by atoms with E-state index in [2.05, 4.69) is 0 Å². The van der Waals surface area contributed by atoms with Crippen LogP contribution in [-0.4, -0.2) is 35.1 Å². The summed E-state index contributed by atoms with van der Waals surface area (Å²) in [6.45, 7) is -0.846. The van der Waals surface area contributed by atoms with E-state index in [4.69, 9.17) is 0 Å². The summed E-state index contributed by atoms with van der Waals surface area (Å²) in [6.07, 6.45) is 7.99. The molecule has 2 rings (SSSR count). The number of hydrogen-bond acceptors (Lipinski definition) is 3. The van der Waals surface area contributed by atoms with Crippen molar-refractivity contribution in [3.63, 3.8) is 0 Å². The molecule has 18 heavy (non-hydrogen) atoms. The smallest absolute Gasteiger partial charge is 0.0645 e. The van der Waals surface area contributed by atoms with Crippen molar-refractivity contribution >= 4 is 0 Å². The quantitative estimate of drug-likeness (QED) is 0.714. The molecule has 3 heteroatoms. The second kappa shape index (κ2) is 5.83. The first-order valence-corrected chi connectivity index (χ1v) is 5.91. The van der Waals surface area contributed by atoms with E-state index < -0.39 is 5.41 Å². The maximum absolute atomic E-state index is 9.36. The maximum atomic E-state index is 9.36. The van der Waals surface area contributed by atoms with E-state index in [0.717, 1.165) is 17.0 Å². The molecule has 5 radical (unpaired) electrons. The zero-order valence-electron chi connectivity index (χ0n) is 10.1. The highest BCUT2D eigenvalue weighted by Crippen LogP contribution is 2.31. The summed E-state index contributed by atoms with van der Waals surface area (Å²) in [5.74, 6) is 1.13. The molecule has 1 aliphatic carbocycles. The Morgan fingerprint density at radius 1 is 0.778 bits per heavy atom. The standard InChI is InChI=1S/C15H17O3/c16-9-15(10-17,11-18)14-7-5-13(6-8-14)12-3-1-2-4-12/h1-8,16-18H,9-11H2. The van der Waals surface area contributed by atoms with Crippen LogP contribution in [0.5, 0.6) is 0 Å². The predicted octanol–water partition coefficient (Wildman–Crippen LogP) is 0.655. The van der Waals surface area contributed by atoms with E-state index >= 15 is 0 Å². The van der Waals surface area contributed by atoms with Crippen LogP contribution in [0.2, 0.25) is 0 Å². The van der Waals surface area contributed by atoms with Gasteiger partial charge in [-0.15, -0.1) is 0 Å². The van der Waals surface area contributed by atoms with Gasteiger partial charge in [0.1, 0.15) is 0 Å². The van der Waals surface area contributed by atoms with Gasteiger partial charge in [0, 0.05) is 5.92 Å². The second-order valence-corrected chi connectivity index (χ2v) is 4.51. The number of hydrogen-bond donors (Lipinski definition) is 3. The summed E-state index contributed by atoms with van der Waals surface area (Å²) >= 11 is 0. The van der Waals surface area contributed by atoms with Gasteiger partial charge in [0.2, 0.25) is 0 Å². The largest absolute Gasteiger partial charge is 0.395 e. The van der Waals surface area contributed by atoms with Crippen molar-refractivity contribution in [3.05, 3.63) is 67.0 Å². The molecule has 1 aromatic carbocycles.